The van der Waals surface area contributed by atoms with Crippen LogP contribution in [0.3, 0.4) is 0 Å². The van der Waals surface area contributed by atoms with E-state index in [1.54, 1.807) is 49.4 Å². The van der Waals surface area contributed by atoms with E-state index in [2.05, 4.69) is 10.5 Å². The Morgan fingerprint density at radius 2 is 1.62 bits per heavy atom. The molecular weight excluding hydrogens is 424 g/mol. The molecule has 1 N–H and O–H groups in total. The molecule has 0 unspecified atom stereocenters. The minimum Gasteiger partial charge on any atom is -0.360 e. The summed E-state index contributed by atoms with van der Waals surface area (Å²) in [5, 5.41) is 7.35. The number of nitrogens with one attached hydrogen (secondary N) is 1. The highest BCUT2D eigenvalue weighted by atomic mass is 35.5. The third kappa shape index (κ3) is 4.20. The number of halogens is 1. The molecule has 1 aromatic heterocycles. The highest BCUT2D eigenvalue weighted by Gasteiger charge is 2.23. The standard InChI is InChI=1S/C26H21ClN2O3/c1-15-11-12-19(13-16(15)2)25(30)18-7-6-8-20(14-18)28-26(31)23-17(3)32-29-24(23)21-9-4-5-10-22(21)27/h4-14H,1-3H3,(H,28,31). The van der Waals surface area contributed by atoms with E-state index in [1.165, 1.54) is 0 Å². The Bertz CT molecular complexity index is 1340. The zero-order chi connectivity index (χ0) is 22.8. The average Bonchev–Trinajstić information content (AvgIpc) is 3.17. The Balaban J connectivity index is 1.62. The number of hydrogen-bond acceptors (Lipinski definition) is 4. The molecule has 3 aromatic carbocycles. The number of amides is 1. The van der Waals surface area contributed by atoms with Crippen molar-refractivity contribution < 1.29 is 14.1 Å². The SMILES string of the molecule is Cc1ccc(C(=O)c2cccc(NC(=O)c3c(-c4ccccc4Cl)noc3C)c2)cc1C. The number of ketones is 1. The fraction of sp³-hybridized carbons (Fsp3) is 0.115. The smallest absolute Gasteiger partial charge is 0.261 e. The van der Waals surface area contributed by atoms with Crippen molar-refractivity contribution in [2.75, 3.05) is 5.32 Å². The summed E-state index contributed by atoms with van der Waals surface area (Å²) in [5.41, 5.74) is 5.03. The predicted octanol–water partition coefficient (Wildman–Crippen LogP) is 6.40. The fourth-order valence-corrected chi connectivity index (χ4v) is 3.68. The third-order valence-corrected chi connectivity index (χ3v) is 5.70. The van der Waals surface area contributed by atoms with E-state index in [0.29, 0.717) is 44.4 Å². The van der Waals surface area contributed by atoms with Gasteiger partial charge in [-0.3, -0.25) is 9.59 Å². The van der Waals surface area contributed by atoms with E-state index in [-0.39, 0.29) is 5.78 Å². The molecule has 0 bridgehead atoms. The monoisotopic (exact) mass is 444 g/mol. The zero-order valence-corrected chi connectivity index (χ0v) is 18.7. The number of hydrogen-bond donors (Lipinski definition) is 1. The minimum absolute atomic E-state index is 0.109. The van der Waals surface area contributed by atoms with Crippen molar-refractivity contribution in [2.24, 2.45) is 0 Å². The lowest BCUT2D eigenvalue weighted by Crippen LogP contribution is -2.14. The molecule has 0 fully saturated rings. The topological polar surface area (TPSA) is 72.2 Å². The summed E-state index contributed by atoms with van der Waals surface area (Å²) in [4.78, 5) is 26.1. The lowest BCUT2D eigenvalue weighted by atomic mass is 9.99. The largest absolute Gasteiger partial charge is 0.360 e. The molecule has 0 saturated carbocycles. The van der Waals surface area contributed by atoms with Crippen molar-refractivity contribution in [3.63, 3.8) is 0 Å². The Hall–Kier alpha value is -3.70. The van der Waals surface area contributed by atoms with Crippen molar-refractivity contribution >= 4 is 29.0 Å². The number of nitrogens with zero attached hydrogens (tertiary/aromatic N) is 1. The van der Waals surface area contributed by atoms with Gasteiger partial charge in [-0.1, -0.05) is 59.2 Å². The zero-order valence-electron chi connectivity index (χ0n) is 17.9. The third-order valence-electron chi connectivity index (χ3n) is 5.37. The van der Waals surface area contributed by atoms with E-state index in [1.807, 2.05) is 38.1 Å². The van der Waals surface area contributed by atoms with Crippen LogP contribution < -0.4 is 5.32 Å². The molecule has 0 aliphatic rings. The van der Waals surface area contributed by atoms with Crippen LogP contribution in [0.2, 0.25) is 5.02 Å². The number of anilines is 1. The van der Waals surface area contributed by atoms with Crippen LogP contribution in [0.4, 0.5) is 5.69 Å². The summed E-state index contributed by atoms with van der Waals surface area (Å²) >= 11 is 6.29. The van der Waals surface area contributed by atoms with Crippen molar-refractivity contribution in [1.29, 1.82) is 0 Å². The number of aromatic nitrogens is 1. The number of carbonyl (C=O) groups is 2. The first-order valence-corrected chi connectivity index (χ1v) is 10.5. The van der Waals surface area contributed by atoms with Gasteiger partial charge >= 0.3 is 0 Å². The molecule has 0 spiro atoms. The second-order valence-corrected chi connectivity index (χ2v) is 8.01. The Kier molecular flexibility index (Phi) is 5.93. The maximum absolute atomic E-state index is 13.1. The first-order chi connectivity index (χ1) is 15.3. The average molecular weight is 445 g/mol. The lowest BCUT2D eigenvalue weighted by molar-refractivity contribution is 0.102. The van der Waals surface area contributed by atoms with E-state index < -0.39 is 5.91 Å². The quantitative estimate of drug-likeness (QED) is 0.361. The van der Waals surface area contributed by atoms with Crippen LogP contribution in [-0.4, -0.2) is 16.8 Å². The van der Waals surface area contributed by atoms with Crippen molar-refractivity contribution in [3.8, 4) is 11.3 Å². The van der Waals surface area contributed by atoms with E-state index in [0.717, 1.165) is 11.1 Å². The molecule has 0 atom stereocenters. The van der Waals surface area contributed by atoms with Gasteiger partial charge in [0, 0.05) is 22.4 Å². The van der Waals surface area contributed by atoms with E-state index >= 15 is 0 Å². The molecule has 5 nitrogen and oxygen atoms in total. The molecule has 0 radical (unpaired) electrons. The van der Waals surface area contributed by atoms with Crippen LogP contribution in [0.25, 0.3) is 11.3 Å². The first kappa shape index (κ1) is 21.5. The van der Waals surface area contributed by atoms with Crippen molar-refractivity contribution in [3.05, 3.63) is 105 Å². The molecule has 0 aliphatic heterocycles. The second kappa shape index (κ2) is 8.81. The Morgan fingerprint density at radius 1 is 0.875 bits per heavy atom. The minimum atomic E-state index is -0.394. The Morgan fingerprint density at radius 3 is 2.38 bits per heavy atom. The van der Waals surface area contributed by atoms with Crippen molar-refractivity contribution in [1.82, 2.24) is 5.16 Å². The van der Waals surface area contributed by atoms with Gasteiger partial charge in [0.1, 0.15) is 17.0 Å². The summed E-state index contributed by atoms with van der Waals surface area (Å²) < 4.78 is 5.28. The summed E-state index contributed by atoms with van der Waals surface area (Å²) in [7, 11) is 0. The van der Waals surface area contributed by atoms with Crippen LogP contribution in [-0.2, 0) is 0 Å². The van der Waals surface area contributed by atoms with Gasteiger partial charge in [0.2, 0.25) is 0 Å². The second-order valence-electron chi connectivity index (χ2n) is 7.61. The van der Waals surface area contributed by atoms with Crippen LogP contribution in [0, 0.1) is 20.8 Å². The van der Waals surface area contributed by atoms with E-state index in [9.17, 15) is 9.59 Å². The van der Waals surface area contributed by atoms with Gasteiger partial charge in [0.25, 0.3) is 5.91 Å². The van der Waals surface area contributed by atoms with Gasteiger partial charge in [-0.25, -0.2) is 0 Å². The Labute approximate surface area is 191 Å². The van der Waals surface area contributed by atoms with E-state index in [4.69, 9.17) is 16.1 Å². The summed E-state index contributed by atoms with van der Waals surface area (Å²) in [6.07, 6.45) is 0. The van der Waals surface area contributed by atoms with Crippen molar-refractivity contribution in [2.45, 2.75) is 20.8 Å². The molecule has 1 heterocycles. The molecule has 4 rings (SSSR count). The predicted molar refractivity (Wildman–Crippen MR) is 125 cm³/mol. The maximum Gasteiger partial charge on any atom is 0.261 e. The van der Waals surface area contributed by atoms with Gasteiger partial charge < -0.3 is 9.84 Å². The molecule has 4 aromatic rings. The maximum atomic E-state index is 13.1. The molecule has 0 aliphatic carbocycles. The molecule has 6 heteroatoms. The van der Waals surface area contributed by atoms with Crippen LogP contribution in [0.1, 0.15) is 43.2 Å². The van der Waals surface area contributed by atoms with Gasteiger partial charge in [-0.05, 0) is 56.2 Å². The molecule has 160 valence electrons. The highest BCUT2D eigenvalue weighted by molar-refractivity contribution is 6.33. The first-order valence-electron chi connectivity index (χ1n) is 10.1. The fourth-order valence-electron chi connectivity index (χ4n) is 3.46. The molecule has 1 amide bonds. The summed E-state index contributed by atoms with van der Waals surface area (Å²) in [6.45, 7) is 5.64. The number of aryl methyl sites for hydroxylation is 3. The summed E-state index contributed by atoms with van der Waals surface area (Å²) in [6, 6.07) is 19.6. The molecule has 0 saturated heterocycles. The summed E-state index contributed by atoms with van der Waals surface area (Å²) in [5.74, 6) is -0.128. The molecule has 32 heavy (non-hydrogen) atoms. The van der Waals surface area contributed by atoms with Crippen LogP contribution >= 0.6 is 11.6 Å². The molecular formula is C26H21ClN2O3. The van der Waals surface area contributed by atoms with Gasteiger partial charge in [-0.15, -0.1) is 0 Å². The number of benzene rings is 3. The van der Waals surface area contributed by atoms with Gasteiger partial charge in [0.15, 0.2) is 5.78 Å². The normalized spacial score (nSPS) is 10.8. The lowest BCUT2D eigenvalue weighted by Gasteiger charge is -2.09. The number of carbonyl (C=O) groups excluding carboxylic acids is 2. The van der Waals surface area contributed by atoms with Gasteiger partial charge in [-0.2, -0.15) is 0 Å². The number of rotatable bonds is 5. The van der Waals surface area contributed by atoms with Crippen LogP contribution in [0.5, 0.6) is 0 Å². The van der Waals surface area contributed by atoms with Gasteiger partial charge in [0.05, 0.1) is 5.02 Å². The van der Waals surface area contributed by atoms with Crippen LogP contribution in [0.15, 0.2) is 71.3 Å². The highest BCUT2D eigenvalue weighted by Crippen LogP contribution is 2.31.